The highest BCUT2D eigenvalue weighted by atomic mass is 32.2. The Hall–Kier alpha value is -0.320. The third-order valence-electron chi connectivity index (χ3n) is 1.79. The molecule has 4 heteroatoms. The smallest absolute Gasteiger partial charge is 0.132 e. The molecular formula is C11H16O2S2. The molecule has 0 saturated heterocycles. The zero-order valence-corrected chi connectivity index (χ0v) is 10.5. The summed E-state index contributed by atoms with van der Waals surface area (Å²) in [5.74, 6) is 2.64. The second-order valence-corrected chi connectivity index (χ2v) is 4.42. The largest absolute Gasteiger partial charge is 0.496 e. The molecule has 0 saturated carbocycles. The van der Waals surface area contributed by atoms with Crippen LogP contribution in [0.25, 0.3) is 0 Å². The van der Waals surface area contributed by atoms with Crippen LogP contribution in [-0.2, 0) is 4.74 Å². The van der Waals surface area contributed by atoms with E-state index in [0.29, 0.717) is 0 Å². The standard InChI is InChI=1S/C11H16O2S2/c1-12-10-4-2-3-5-11(10)15-9-7-13-6-8-14/h2-5,14H,6-9H2,1H3. The molecule has 0 bridgehead atoms. The van der Waals surface area contributed by atoms with Gasteiger partial charge in [-0.2, -0.15) is 12.6 Å². The number of thioether (sulfide) groups is 1. The Balaban J connectivity index is 2.30. The third kappa shape index (κ3) is 4.82. The van der Waals surface area contributed by atoms with Gasteiger partial charge in [0.25, 0.3) is 0 Å². The Morgan fingerprint density at radius 3 is 2.80 bits per heavy atom. The van der Waals surface area contributed by atoms with Crippen molar-refractivity contribution in [2.75, 3.05) is 31.8 Å². The minimum absolute atomic E-state index is 0.718. The molecule has 0 spiro atoms. The van der Waals surface area contributed by atoms with Crippen LogP contribution in [0.15, 0.2) is 29.2 Å². The van der Waals surface area contributed by atoms with Gasteiger partial charge in [0, 0.05) is 16.4 Å². The van der Waals surface area contributed by atoms with Crippen LogP contribution >= 0.6 is 24.4 Å². The van der Waals surface area contributed by atoms with E-state index in [1.165, 1.54) is 0 Å². The van der Waals surface area contributed by atoms with Gasteiger partial charge in [0.1, 0.15) is 5.75 Å². The van der Waals surface area contributed by atoms with Crippen molar-refractivity contribution in [1.29, 1.82) is 0 Å². The van der Waals surface area contributed by atoms with Crippen molar-refractivity contribution in [3.63, 3.8) is 0 Å². The Morgan fingerprint density at radius 2 is 2.07 bits per heavy atom. The molecule has 2 nitrogen and oxygen atoms in total. The summed E-state index contributed by atoms with van der Waals surface area (Å²) in [7, 11) is 1.69. The Morgan fingerprint density at radius 1 is 1.27 bits per heavy atom. The Bertz CT molecular complexity index is 279. The lowest BCUT2D eigenvalue weighted by Crippen LogP contribution is -2.00. The van der Waals surface area contributed by atoms with Crippen molar-refractivity contribution >= 4 is 24.4 Å². The van der Waals surface area contributed by atoms with Crippen LogP contribution in [-0.4, -0.2) is 31.8 Å². The number of ether oxygens (including phenoxy) is 2. The predicted octanol–water partition coefficient (Wildman–Crippen LogP) is 2.73. The molecule has 0 aliphatic rings. The molecule has 0 atom stereocenters. The summed E-state index contributed by atoms with van der Waals surface area (Å²) < 4.78 is 10.6. The number of methoxy groups -OCH3 is 1. The third-order valence-corrected chi connectivity index (χ3v) is 2.99. The van der Waals surface area contributed by atoms with Gasteiger partial charge in [0.05, 0.1) is 20.3 Å². The van der Waals surface area contributed by atoms with E-state index >= 15 is 0 Å². The molecule has 0 aliphatic heterocycles. The fourth-order valence-corrected chi connectivity index (χ4v) is 2.13. The summed E-state index contributed by atoms with van der Waals surface area (Å²) in [5, 5.41) is 0. The van der Waals surface area contributed by atoms with E-state index in [4.69, 9.17) is 9.47 Å². The van der Waals surface area contributed by atoms with E-state index in [9.17, 15) is 0 Å². The van der Waals surface area contributed by atoms with Gasteiger partial charge in [0.2, 0.25) is 0 Å². The van der Waals surface area contributed by atoms with Crippen molar-refractivity contribution in [2.45, 2.75) is 4.90 Å². The minimum Gasteiger partial charge on any atom is -0.496 e. The van der Waals surface area contributed by atoms with Crippen molar-refractivity contribution in [2.24, 2.45) is 0 Å². The average molecular weight is 244 g/mol. The molecule has 0 heterocycles. The van der Waals surface area contributed by atoms with E-state index in [1.54, 1.807) is 18.9 Å². The highest BCUT2D eigenvalue weighted by Gasteiger charge is 2.01. The molecular weight excluding hydrogens is 228 g/mol. The molecule has 84 valence electrons. The van der Waals surface area contributed by atoms with Crippen LogP contribution < -0.4 is 4.74 Å². The molecule has 0 aliphatic carbocycles. The van der Waals surface area contributed by atoms with Gasteiger partial charge in [-0.05, 0) is 12.1 Å². The number of thiol groups is 1. The predicted molar refractivity (Wildman–Crippen MR) is 68.4 cm³/mol. The highest BCUT2D eigenvalue weighted by molar-refractivity contribution is 7.99. The average Bonchev–Trinajstić information content (AvgIpc) is 2.29. The number of hydrogen-bond donors (Lipinski definition) is 1. The van der Waals surface area contributed by atoms with Crippen LogP contribution in [0.1, 0.15) is 0 Å². The summed E-state index contributed by atoms with van der Waals surface area (Å²) >= 11 is 5.82. The molecule has 0 amide bonds. The zero-order chi connectivity index (χ0) is 10.9. The van der Waals surface area contributed by atoms with Gasteiger partial charge < -0.3 is 9.47 Å². The number of benzene rings is 1. The van der Waals surface area contributed by atoms with E-state index in [2.05, 4.69) is 18.7 Å². The van der Waals surface area contributed by atoms with Crippen molar-refractivity contribution in [3.05, 3.63) is 24.3 Å². The van der Waals surface area contributed by atoms with E-state index in [1.807, 2.05) is 18.2 Å². The summed E-state index contributed by atoms with van der Waals surface area (Å²) in [6.07, 6.45) is 0. The quantitative estimate of drug-likeness (QED) is 0.452. The fraction of sp³-hybridized carbons (Fsp3) is 0.455. The van der Waals surface area contributed by atoms with Crippen LogP contribution in [0.5, 0.6) is 5.75 Å². The van der Waals surface area contributed by atoms with Crippen LogP contribution in [0, 0.1) is 0 Å². The van der Waals surface area contributed by atoms with Gasteiger partial charge in [-0.15, -0.1) is 11.8 Å². The van der Waals surface area contributed by atoms with E-state index < -0.39 is 0 Å². The minimum atomic E-state index is 0.718. The van der Waals surface area contributed by atoms with Gasteiger partial charge in [0.15, 0.2) is 0 Å². The van der Waals surface area contributed by atoms with Crippen LogP contribution in [0.4, 0.5) is 0 Å². The molecule has 0 aromatic heterocycles. The SMILES string of the molecule is COc1ccccc1SCCOCCS. The van der Waals surface area contributed by atoms with Gasteiger partial charge in [-0.1, -0.05) is 12.1 Å². The number of rotatable bonds is 7. The first-order chi connectivity index (χ1) is 7.38. The molecule has 1 aromatic rings. The lowest BCUT2D eigenvalue weighted by atomic mass is 10.3. The maximum absolute atomic E-state index is 5.34. The lowest BCUT2D eigenvalue weighted by molar-refractivity contribution is 0.167. The van der Waals surface area contributed by atoms with Crippen molar-refractivity contribution in [1.82, 2.24) is 0 Å². The molecule has 0 radical (unpaired) electrons. The first kappa shape index (κ1) is 12.7. The van der Waals surface area contributed by atoms with Gasteiger partial charge in [-0.3, -0.25) is 0 Å². The van der Waals surface area contributed by atoms with Gasteiger partial charge in [-0.25, -0.2) is 0 Å². The molecule has 0 N–H and O–H groups in total. The molecule has 1 aromatic carbocycles. The summed E-state index contributed by atoms with van der Waals surface area (Å²) in [4.78, 5) is 1.16. The highest BCUT2D eigenvalue weighted by Crippen LogP contribution is 2.28. The summed E-state index contributed by atoms with van der Waals surface area (Å²) in [5.41, 5.74) is 0. The molecule has 0 unspecified atom stereocenters. The molecule has 1 rings (SSSR count). The summed E-state index contributed by atoms with van der Waals surface area (Å²) in [6.45, 7) is 1.47. The molecule has 0 fully saturated rings. The Kier molecular flexibility index (Phi) is 6.72. The number of para-hydroxylation sites is 1. The maximum atomic E-state index is 5.34. The normalized spacial score (nSPS) is 10.3. The van der Waals surface area contributed by atoms with Crippen molar-refractivity contribution in [3.8, 4) is 5.75 Å². The van der Waals surface area contributed by atoms with E-state index in [-0.39, 0.29) is 0 Å². The second kappa shape index (κ2) is 7.91. The van der Waals surface area contributed by atoms with Crippen LogP contribution in [0.2, 0.25) is 0 Å². The fourth-order valence-electron chi connectivity index (χ4n) is 1.12. The monoisotopic (exact) mass is 244 g/mol. The lowest BCUT2D eigenvalue weighted by Gasteiger charge is -2.07. The number of hydrogen-bond acceptors (Lipinski definition) is 4. The second-order valence-electron chi connectivity index (χ2n) is 2.84. The van der Waals surface area contributed by atoms with E-state index in [0.717, 1.165) is 35.4 Å². The molecule has 15 heavy (non-hydrogen) atoms. The Labute approximate surface area is 101 Å². The zero-order valence-electron chi connectivity index (χ0n) is 8.81. The summed E-state index contributed by atoms with van der Waals surface area (Å²) in [6, 6.07) is 8.01. The topological polar surface area (TPSA) is 18.5 Å². The first-order valence-corrected chi connectivity index (χ1v) is 6.44. The van der Waals surface area contributed by atoms with Crippen molar-refractivity contribution < 1.29 is 9.47 Å². The maximum Gasteiger partial charge on any atom is 0.132 e. The first-order valence-electron chi connectivity index (χ1n) is 4.83. The van der Waals surface area contributed by atoms with Gasteiger partial charge >= 0.3 is 0 Å². The van der Waals surface area contributed by atoms with Crippen LogP contribution in [0.3, 0.4) is 0 Å².